The zero-order chi connectivity index (χ0) is 12.7. The van der Waals surface area contributed by atoms with Gasteiger partial charge in [-0.1, -0.05) is 17.3 Å². The average Bonchev–Trinajstić information content (AvgIpc) is 2.32. The molecule has 0 bridgehead atoms. The Hall–Kier alpha value is -1.91. The van der Waals surface area contributed by atoms with E-state index in [4.69, 9.17) is 4.74 Å². The highest BCUT2D eigenvalue weighted by Crippen LogP contribution is 2.16. The third-order valence-corrected chi connectivity index (χ3v) is 2.08. The first-order valence-electron chi connectivity index (χ1n) is 5.17. The standard InChI is InChI=1S/C12H14FNO3/c1-3-17-12(15)11(8-14-16-2)9-4-6-10(13)7-5-9/h4-8,11H,3H2,1-2H3/b14-8+. The Bertz CT molecular complexity index is 389. The quantitative estimate of drug-likeness (QED) is 0.449. The number of halogens is 1. The highest BCUT2D eigenvalue weighted by Gasteiger charge is 2.20. The Morgan fingerprint density at radius 3 is 2.65 bits per heavy atom. The summed E-state index contributed by atoms with van der Waals surface area (Å²) in [6.45, 7) is 1.99. The van der Waals surface area contributed by atoms with Gasteiger partial charge in [0.2, 0.25) is 0 Å². The lowest BCUT2D eigenvalue weighted by Gasteiger charge is -2.10. The second-order valence-corrected chi connectivity index (χ2v) is 3.22. The molecular weight excluding hydrogens is 225 g/mol. The Labute approximate surface area is 99.0 Å². The van der Waals surface area contributed by atoms with Gasteiger partial charge in [-0.25, -0.2) is 4.39 Å². The lowest BCUT2D eigenvalue weighted by Crippen LogP contribution is -2.17. The third kappa shape index (κ3) is 3.86. The van der Waals surface area contributed by atoms with E-state index in [1.807, 2.05) is 0 Å². The second kappa shape index (κ2) is 6.62. The van der Waals surface area contributed by atoms with Crippen molar-refractivity contribution in [2.24, 2.45) is 5.16 Å². The number of hydrogen-bond acceptors (Lipinski definition) is 4. The third-order valence-electron chi connectivity index (χ3n) is 2.08. The van der Waals surface area contributed by atoms with E-state index >= 15 is 0 Å². The monoisotopic (exact) mass is 239 g/mol. The van der Waals surface area contributed by atoms with E-state index in [0.717, 1.165) is 0 Å². The molecule has 1 rings (SSSR count). The van der Waals surface area contributed by atoms with Gasteiger partial charge in [-0.3, -0.25) is 4.79 Å². The maximum atomic E-state index is 12.8. The molecule has 4 nitrogen and oxygen atoms in total. The molecule has 0 N–H and O–H groups in total. The van der Waals surface area contributed by atoms with Crippen LogP contribution >= 0.6 is 0 Å². The Balaban J connectivity index is 2.93. The van der Waals surface area contributed by atoms with E-state index in [2.05, 4.69) is 9.99 Å². The fourth-order valence-corrected chi connectivity index (χ4v) is 1.31. The second-order valence-electron chi connectivity index (χ2n) is 3.22. The molecule has 0 heterocycles. The van der Waals surface area contributed by atoms with Crippen LogP contribution in [0.4, 0.5) is 4.39 Å². The van der Waals surface area contributed by atoms with Crippen LogP contribution in [0.3, 0.4) is 0 Å². The van der Waals surface area contributed by atoms with E-state index in [-0.39, 0.29) is 12.4 Å². The normalized spacial score (nSPS) is 12.4. The molecule has 1 atom stereocenters. The lowest BCUT2D eigenvalue weighted by molar-refractivity contribution is -0.143. The van der Waals surface area contributed by atoms with Gasteiger partial charge in [0.1, 0.15) is 18.8 Å². The molecule has 1 aromatic rings. The predicted molar refractivity (Wildman–Crippen MR) is 61.3 cm³/mol. The van der Waals surface area contributed by atoms with Crippen molar-refractivity contribution in [1.29, 1.82) is 0 Å². The summed E-state index contributed by atoms with van der Waals surface area (Å²) in [5, 5.41) is 3.55. The van der Waals surface area contributed by atoms with Gasteiger partial charge in [-0.15, -0.1) is 0 Å². The zero-order valence-electron chi connectivity index (χ0n) is 9.72. The molecule has 17 heavy (non-hydrogen) atoms. The number of ether oxygens (including phenoxy) is 1. The van der Waals surface area contributed by atoms with Crippen molar-refractivity contribution in [3.05, 3.63) is 35.6 Å². The molecule has 1 aromatic carbocycles. The summed E-state index contributed by atoms with van der Waals surface area (Å²) in [5.74, 6) is -1.49. The van der Waals surface area contributed by atoms with Crippen molar-refractivity contribution >= 4 is 12.2 Å². The maximum absolute atomic E-state index is 12.8. The molecule has 0 amide bonds. The summed E-state index contributed by atoms with van der Waals surface area (Å²) in [6.07, 6.45) is 1.32. The smallest absolute Gasteiger partial charge is 0.319 e. The number of hydrogen-bond donors (Lipinski definition) is 0. The van der Waals surface area contributed by atoms with Crippen LogP contribution in [0.25, 0.3) is 0 Å². The van der Waals surface area contributed by atoms with E-state index < -0.39 is 11.9 Å². The molecule has 0 aliphatic heterocycles. The summed E-state index contributed by atoms with van der Waals surface area (Å²) in [4.78, 5) is 16.2. The Kier molecular flexibility index (Phi) is 5.13. The van der Waals surface area contributed by atoms with Crippen molar-refractivity contribution < 1.29 is 18.8 Å². The van der Waals surface area contributed by atoms with Gasteiger partial charge in [0.25, 0.3) is 0 Å². The summed E-state index contributed by atoms with van der Waals surface area (Å²) in [5.41, 5.74) is 0.602. The minimum absolute atomic E-state index is 0.275. The first-order chi connectivity index (χ1) is 8.19. The van der Waals surface area contributed by atoms with Crippen molar-refractivity contribution in [3.63, 3.8) is 0 Å². The van der Waals surface area contributed by atoms with Crippen LogP contribution in [0.15, 0.2) is 29.4 Å². The van der Waals surface area contributed by atoms with E-state index in [0.29, 0.717) is 5.56 Å². The number of oxime groups is 1. The van der Waals surface area contributed by atoms with E-state index in [1.54, 1.807) is 6.92 Å². The molecule has 0 aromatic heterocycles. The van der Waals surface area contributed by atoms with Gasteiger partial charge >= 0.3 is 5.97 Å². The number of nitrogens with zero attached hydrogens (tertiary/aromatic N) is 1. The Morgan fingerprint density at radius 1 is 1.47 bits per heavy atom. The van der Waals surface area contributed by atoms with Crippen molar-refractivity contribution in [1.82, 2.24) is 0 Å². The van der Waals surface area contributed by atoms with Gasteiger partial charge in [0.15, 0.2) is 0 Å². The number of carbonyl (C=O) groups is 1. The molecule has 0 saturated carbocycles. The van der Waals surface area contributed by atoms with Gasteiger partial charge < -0.3 is 9.57 Å². The van der Waals surface area contributed by atoms with Crippen molar-refractivity contribution in [2.45, 2.75) is 12.8 Å². The highest BCUT2D eigenvalue weighted by molar-refractivity contribution is 5.95. The maximum Gasteiger partial charge on any atom is 0.319 e. The minimum Gasteiger partial charge on any atom is -0.465 e. The van der Waals surface area contributed by atoms with Crippen LogP contribution in [0.2, 0.25) is 0 Å². The first-order valence-corrected chi connectivity index (χ1v) is 5.17. The van der Waals surface area contributed by atoms with Crippen LogP contribution in [-0.4, -0.2) is 25.9 Å². The van der Waals surface area contributed by atoms with E-state index in [1.165, 1.54) is 37.6 Å². The van der Waals surface area contributed by atoms with Crippen LogP contribution in [0.1, 0.15) is 18.4 Å². The molecule has 0 spiro atoms. The molecule has 0 radical (unpaired) electrons. The summed E-state index contributed by atoms with van der Waals surface area (Å²) < 4.78 is 17.7. The molecule has 0 aliphatic carbocycles. The molecule has 0 saturated heterocycles. The van der Waals surface area contributed by atoms with Crippen molar-refractivity contribution in [3.8, 4) is 0 Å². The molecule has 0 aliphatic rings. The molecule has 5 heteroatoms. The largest absolute Gasteiger partial charge is 0.465 e. The van der Waals surface area contributed by atoms with E-state index in [9.17, 15) is 9.18 Å². The molecular formula is C12H14FNO3. The van der Waals surface area contributed by atoms with Crippen LogP contribution < -0.4 is 0 Å². The SMILES string of the molecule is CCOC(=O)C(/C=N/OC)c1ccc(F)cc1. The first kappa shape index (κ1) is 13.2. The summed E-state index contributed by atoms with van der Waals surface area (Å²) >= 11 is 0. The summed E-state index contributed by atoms with van der Waals surface area (Å²) in [6, 6.07) is 5.58. The molecule has 1 unspecified atom stereocenters. The number of esters is 1. The van der Waals surface area contributed by atoms with Gasteiger partial charge in [-0.05, 0) is 24.6 Å². The zero-order valence-corrected chi connectivity index (χ0v) is 9.72. The lowest BCUT2D eigenvalue weighted by atomic mass is 10.0. The van der Waals surface area contributed by atoms with Gasteiger partial charge in [0, 0.05) is 0 Å². The number of benzene rings is 1. The fourth-order valence-electron chi connectivity index (χ4n) is 1.31. The topological polar surface area (TPSA) is 47.9 Å². The number of rotatable bonds is 5. The van der Waals surface area contributed by atoms with Crippen LogP contribution in [0, 0.1) is 5.82 Å². The van der Waals surface area contributed by atoms with Crippen LogP contribution in [0.5, 0.6) is 0 Å². The van der Waals surface area contributed by atoms with Crippen molar-refractivity contribution in [2.75, 3.05) is 13.7 Å². The summed E-state index contributed by atoms with van der Waals surface area (Å²) in [7, 11) is 1.38. The highest BCUT2D eigenvalue weighted by atomic mass is 19.1. The van der Waals surface area contributed by atoms with Gasteiger partial charge in [-0.2, -0.15) is 0 Å². The fraction of sp³-hybridized carbons (Fsp3) is 0.333. The molecule has 92 valence electrons. The molecule has 0 fully saturated rings. The Morgan fingerprint density at radius 2 is 2.12 bits per heavy atom. The van der Waals surface area contributed by atoms with Gasteiger partial charge in [0.05, 0.1) is 12.8 Å². The van der Waals surface area contributed by atoms with Crippen LogP contribution in [-0.2, 0) is 14.4 Å². The minimum atomic E-state index is -0.685. The number of carbonyl (C=O) groups excluding carboxylic acids is 1. The predicted octanol–water partition coefficient (Wildman–Crippen LogP) is 2.10. The average molecular weight is 239 g/mol.